The standard InChI is InChI=1S/C27H22N4O3/c1-18-26(27(32)30(29-18)22-8-3-2-4-9-22)24(19-12-15-23(16-13-19)31(33)34)17-21-14-11-20-7-5-6-10-25(20)28-21/h2-16,24,29H,17H2,1H3. The number of aromatic nitrogens is 3. The zero-order valence-electron chi connectivity index (χ0n) is 18.5. The predicted octanol–water partition coefficient (Wildman–Crippen LogP) is 5.31. The quantitative estimate of drug-likeness (QED) is 0.280. The first-order valence-corrected chi connectivity index (χ1v) is 11.0. The van der Waals surface area contributed by atoms with Gasteiger partial charge in [-0.1, -0.05) is 54.6 Å². The highest BCUT2D eigenvalue weighted by Crippen LogP contribution is 2.30. The van der Waals surface area contributed by atoms with Crippen LogP contribution in [0.4, 0.5) is 5.69 Å². The van der Waals surface area contributed by atoms with E-state index in [4.69, 9.17) is 4.98 Å². The van der Waals surface area contributed by atoms with Crippen LogP contribution in [0, 0.1) is 17.0 Å². The average Bonchev–Trinajstić information content (AvgIpc) is 3.16. The number of rotatable bonds is 6. The molecule has 5 rings (SSSR count). The Hall–Kier alpha value is -4.52. The average molecular weight is 450 g/mol. The number of non-ortho nitro benzene ring substituents is 1. The molecule has 7 nitrogen and oxygen atoms in total. The Bertz CT molecular complexity index is 1540. The Labute approximate surface area is 195 Å². The molecule has 5 aromatic rings. The lowest BCUT2D eigenvalue weighted by molar-refractivity contribution is -0.384. The number of nitro benzene ring substituents is 1. The second-order valence-corrected chi connectivity index (χ2v) is 8.23. The van der Waals surface area contributed by atoms with Crippen LogP contribution in [0.5, 0.6) is 0 Å². The van der Waals surface area contributed by atoms with Crippen molar-refractivity contribution < 1.29 is 4.92 Å². The summed E-state index contributed by atoms with van der Waals surface area (Å²) in [5, 5.41) is 15.4. The second-order valence-electron chi connectivity index (χ2n) is 8.23. The van der Waals surface area contributed by atoms with Crippen LogP contribution in [0.3, 0.4) is 0 Å². The van der Waals surface area contributed by atoms with Gasteiger partial charge in [-0.2, -0.15) is 0 Å². The number of hydrogen-bond acceptors (Lipinski definition) is 4. The number of nitrogens with one attached hydrogen (secondary N) is 1. The summed E-state index contributed by atoms with van der Waals surface area (Å²) in [5.74, 6) is -0.330. The molecule has 0 saturated carbocycles. The van der Waals surface area contributed by atoms with E-state index < -0.39 is 4.92 Å². The van der Waals surface area contributed by atoms with Gasteiger partial charge in [-0.05, 0) is 36.8 Å². The van der Waals surface area contributed by atoms with Crippen molar-refractivity contribution >= 4 is 16.6 Å². The number of nitro groups is 1. The molecule has 34 heavy (non-hydrogen) atoms. The second kappa shape index (κ2) is 8.78. The molecule has 0 aliphatic rings. The Balaban J connectivity index is 1.63. The van der Waals surface area contributed by atoms with Gasteiger partial charge in [0.15, 0.2) is 0 Å². The highest BCUT2D eigenvalue weighted by atomic mass is 16.6. The zero-order chi connectivity index (χ0) is 23.7. The maximum absolute atomic E-state index is 13.6. The molecule has 1 N–H and O–H groups in total. The van der Waals surface area contributed by atoms with E-state index in [1.54, 1.807) is 12.1 Å². The molecule has 0 saturated heterocycles. The SMILES string of the molecule is Cc1[nH]n(-c2ccccc2)c(=O)c1C(Cc1ccc2ccccc2n1)c1ccc([N+](=O)[O-])cc1. The fourth-order valence-corrected chi connectivity index (χ4v) is 4.37. The summed E-state index contributed by atoms with van der Waals surface area (Å²) in [4.78, 5) is 29.1. The van der Waals surface area contributed by atoms with Gasteiger partial charge < -0.3 is 0 Å². The summed E-state index contributed by atoms with van der Waals surface area (Å²) in [6.45, 7) is 1.88. The lowest BCUT2D eigenvalue weighted by Crippen LogP contribution is -2.21. The largest absolute Gasteiger partial charge is 0.295 e. The van der Waals surface area contributed by atoms with E-state index in [2.05, 4.69) is 5.10 Å². The summed E-state index contributed by atoms with van der Waals surface area (Å²) in [6, 6.07) is 27.7. The number of aromatic amines is 1. The first kappa shape index (κ1) is 21.3. The minimum atomic E-state index is -0.423. The Morgan fingerprint density at radius 1 is 0.941 bits per heavy atom. The molecule has 0 radical (unpaired) electrons. The molecule has 3 aromatic carbocycles. The van der Waals surface area contributed by atoms with Gasteiger partial charge >= 0.3 is 0 Å². The van der Waals surface area contributed by atoms with Gasteiger partial charge in [0.2, 0.25) is 0 Å². The molecule has 0 bridgehead atoms. The Morgan fingerprint density at radius 3 is 2.38 bits per heavy atom. The van der Waals surface area contributed by atoms with Crippen LogP contribution in [-0.4, -0.2) is 19.7 Å². The van der Waals surface area contributed by atoms with Crippen LogP contribution in [-0.2, 0) is 6.42 Å². The van der Waals surface area contributed by atoms with Crippen molar-refractivity contribution in [3.05, 3.63) is 134 Å². The highest BCUT2D eigenvalue weighted by Gasteiger charge is 2.25. The number of H-pyrrole nitrogens is 1. The molecule has 168 valence electrons. The van der Waals surface area contributed by atoms with Gasteiger partial charge in [0.1, 0.15) is 0 Å². The molecule has 7 heteroatoms. The number of fused-ring (bicyclic) bond motifs is 1. The summed E-state index contributed by atoms with van der Waals surface area (Å²) < 4.78 is 1.54. The molecule has 1 unspecified atom stereocenters. The lowest BCUT2D eigenvalue weighted by atomic mass is 9.87. The van der Waals surface area contributed by atoms with Crippen LogP contribution >= 0.6 is 0 Å². The first-order valence-electron chi connectivity index (χ1n) is 11.0. The van der Waals surface area contributed by atoms with Crippen molar-refractivity contribution in [3.63, 3.8) is 0 Å². The van der Waals surface area contributed by atoms with E-state index in [1.807, 2.05) is 73.7 Å². The van der Waals surface area contributed by atoms with Crippen molar-refractivity contribution in [3.8, 4) is 5.69 Å². The molecule has 0 aliphatic carbocycles. The van der Waals surface area contributed by atoms with Crippen molar-refractivity contribution in [2.24, 2.45) is 0 Å². The molecule has 1 atom stereocenters. The predicted molar refractivity (Wildman–Crippen MR) is 132 cm³/mol. The third kappa shape index (κ3) is 3.99. The van der Waals surface area contributed by atoms with Crippen molar-refractivity contribution in [2.45, 2.75) is 19.3 Å². The number of benzene rings is 3. The Kier molecular flexibility index (Phi) is 5.51. The van der Waals surface area contributed by atoms with Crippen LogP contribution in [0.1, 0.15) is 28.4 Å². The number of hydrogen-bond donors (Lipinski definition) is 1. The minimum absolute atomic E-state index is 0.0128. The normalized spacial score (nSPS) is 12.0. The smallest absolute Gasteiger partial charge is 0.275 e. The van der Waals surface area contributed by atoms with Crippen LogP contribution in [0.15, 0.2) is 95.8 Å². The summed E-state index contributed by atoms with van der Waals surface area (Å²) in [5.41, 5.74) is 4.52. The number of nitrogens with zero attached hydrogens (tertiary/aromatic N) is 3. The van der Waals surface area contributed by atoms with E-state index in [0.29, 0.717) is 12.0 Å². The van der Waals surface area contributed by atoms with E-state index in [9.17, 15) is 14.9 Å². The Morgan fingerprint density at radius 2 is 1.65 bits per heavy atom. The van der Waals surface area contributed by atoms with Crippen LogP contribution < -0.4 is 5.56 Å². The highest BCUT2D eigenvalue weighted by molar-refractivity contribution is 5.78. The summed E-state index contributed by atoms with van der Waals surface area (Å²) in [7, 11) is 0. The molecule has 0 amide bonds. The van der Waals surface area contributed by atoms with Crippen LogP contribution in [0.25, 0.3) is 16.6 Å². The maximum Gasteiger partial charge on any atom is 0.275 e. The molecule has 0 fully saturated rings. The van der Waals surface area contributed by atoms with Gasteiger partial charge in [-0.3, -0.25) is 25.0 Å². The van der Waals surface area contributed by atoms with Gasteiger partial charge in [0.25, 0.3) is 11.2 Å². The first-order chi connectivity index (χ1) is 16.5. The van der Waals surface area contributed by atoms with Gasteiger partial charge in [-0.25, -0.2) is 4.68 Å². The van der Waals surface area contributed by atoms with E-state index in [-0.39, 0.29) is 17.2 Å². The van der Waals surface area contributed by atoms with E-state index in [1.165, 1.54) is 16.8 Å². The monoisotopic (exact) mass is 450 g/mol. The molecular formula is C27H22N4O3. The molecule has 0 spiro atoms. The van der Waals surface area contributed by atoms with Crippen molar-refractivity contribution in [2.75, 3.05) is 0 Å². The molecule has 0 aliphatic heterocycles. The lowest BCUT2D eigenvalue weighted by Gasteiger charge is -2.17. The van der Waals surface area contributed by atoms with E-state index >= 15 is 0 Å². The fourth-order valence-electron chi connectivity index (χ4n) is 4.37. The van der Waals surface area contributed by atoms with E-state index in [0.717, 1.165) is 33.5 Å². The van der Waals surface area contributed by atoms with Crippen molar-refractivity contribution in [1.29, 1.82) is 0 Å². The van der Waals surface area contributed by atoms with Gasteiger partial charge in [-0.15, -0.1) is 0 Å². The minimum Gasteiger partial charge on any atom is -0.295 e. The summed E-state index contributed by atoms with van der Waals surface area (Å²) in [6.07, 6.45) is 0.478. The van der Waals surface area contributed by atoms with Crippen molar-refractivity contribution in [1.82, 2.24) is 14.8 Å². The molecular weight excluding hydrogens is 428 g/mol. The third-order valence-corrected chi connectivity index (χ3v) is 6.06. The summed E-state index contributed by atoms with van der Waals surface area (Å²) >= 11 is 0. The topological polar surface area (TPSA) is 93.8 Å². The molecule has 2 heterocycles. The van der Waals surface area contributed by atoms with Gasteiger partial charge in [0.05, 0.1) is 16.1 Å². The number of para-hydroxylation sites is 2. The fraction of sp³-hybridized carbons (Fsp3) is 0.111. The zero-order valence-corrected chi connectivity index (χ0v) is 18.5. The number of aryl methyl sites for hydroxylation is 1. The molecule has 2 aromatic heterocycles. The third-order valence-electron chi connectivity index (χ3n) is 6.06. The number of pyridine rings is 1. The van der Waals surface area contributed by atoms with Crippen LogP contribution in [0.2, 0.25) is 0 Å². The maximum atomic E-state index is 13.6. The van der Waals surface area contributed by atoms with Gasteiger partial charge in [0, 0.05) is 46.8 Å².